The lowest BCUT2D eigenvalue weighted by molar-refractivity contribution is -0.130. The maximum absolute atomic E-state index is 11.6. The summed E-state index contributed by atoms with van der Waals surface area (Å²) in [5.41, 5.74) is 0. The minimum Gasteiger partial charge on any atom is -0.343 e. The molecule has 0 aliphatic rings. The first kappa shape index (κ1) is 14.0. The molecule has 0 aromatic heterocycles. The van der Waals surface area contributed by atoms with E-state index in [1.807, 2.05) is 18.7 Å². The number of amides is 1. The molecule has 0 aromatic carbocycles. The molecule has 0 rings (SSSR count). The Labute approximate surface area is 93.1 Å². The zero-order chi connectivity index (χ0) is 11.5. The normalized spacial score (nSPS) is 9.67. The van der Waals surface area contributed by atoms with Gasteiger partial charge < -0.3 is 4.90 Å². The third-order valence-electron chi connectivity index (χ3n) is 2.55. The Morgan fingerprint density at radius 3 is 2.27 bits per heavy atom. The fraction of sp³-hybridized carbons (Fsp3) is 0.833. The Morgan fingerprint density at radius 1 is 1.13 bits per heavy atom. The van der Waals surface area contributed by atoms with Crippen LogP contribution < -0.4 is 0 Å². The van der Waals surface area contributed by atoms with E-state index in [1.165, 1.54) is 0 Å². The highest BCUT2D eigenvalue weighted by Gasteiger charge is 2.07. The second kappa shape index (κ2) is 9.51. The van der Waals surface area contributed by atoms with Gasteiger partial charge in [0, 0.05) is 25.9 Å². The zero-order valence-corrected chi connectivity index (χ0v) is 9.96. The molecule has 1 amide bonds. The molecule has 0 atom stereocenters. The second-order valence-corrected chi connectivity index (χ2v) is 3.64. The standard InChI is InChI=1S/C12H22N2O/c1-3-14(4-2)12(15)10-8-6-5-7-9-11-13/h3-10H2,1-2H3. The van der Waals surface area contributed by atoms with Crippen LogP contribution in [0.2, 0.25) is 0 Å². The Balaban J connectivity index is 3.43. The van der Waals surface area contributed by atoms with E-state index >= 15 is 0 Å². The van der Waals surface area contributed by atoms with Crippen molar-refractivity contribution in [2.75, 3.05) is 13.1 Å². The van der Waals surface area contributed by atoms with Crippen molar-refractivity contribution in [3.63, 3.8) is 0 Å². The fourth-order valence-electron chi connectivity index (χ4n) is 1.57. The summed E-state index contributed by atoms with van der Waals surface area (Å²) in [6, 6.07) is 2.13. The first-order chi connectivity index (χ1) is 7.26. The third kappa shape index (κ3) is 6.96. The number of hydrogen-bond donors (Lipinski definition) is 0. The van der Waals surface area contributed by atoms with Crippen LogP contribution in [0.15, 0.2) is 0 Å². The van der Waals surface area contributed by atoms with Gasteiger partial charge in [0.25, 0.3) is 0 Å². The van der Waals surface area contributed by atoms with Gasteiger partial charge in [0.15, 0.2) is 0 Å². The van der Waals surface area contributed by atoms with Gasteiger partial charge in [0.2, 0.25) is 5.91 Å². The van der Waals surface area contributed by atoms with Crippen LogP contribution in [0.1, 0.15) is 52.4 Å². The summed E-state index contributed by atoms with van der Waals surface area (Å²) in [7, 11) is 0. The van der Waals surface area contributed by atoms with E-state index < -0.39 is 0 Å². The maximum atomic E-state index is 11.6. The molecule has 0 aliphatic carbocycles. The van der Waals surface area contributed by atoms with E-state index in [0.29, 0.717) is 12.8 Å². The highest BCUT2D eigenvalue weighted by Crippen LogP contribution is 2.06. The van der Waals surface area contributed by atoms with E-state index in [2.05, 4.69) is 6.07 Å². The highest BCUT2D eigenvalue weighted by molar-refractivity contribution is 5.75. The van der Waals surface area contributed by atoms with E-state index in [9.17, 15) is 4.79 Å². The molecule has 3 nitrogen and oxygen atoms in total. The average Bonchev–Trinajstić information content (AvgIpc) is 2.25. The van der Waals surface area contributed by atoms with Gasteiger partial charge in [-0.25, -0.2) is 0 Å². The zero-order valence-electron chi connectivity index (χ0n) is 9.96. The lowest BCUT2D eigenvalue weighted by Gasteiger charge is -2.18. The first-order valence-corrected chi connectivity index (χ1v) is 5.91. The van der Waals surface area contributed by atoms with Crippen LogP contribution in [-0.2, 0) is 4.79 Å². The van der Waals surface area contributed by atoms with Crippen LogP contribution in [0.5, 0.6) is 0 Å². The number of unbranched alkanes of at least 4 members (excludes halogenated alkanes) is 4. The van der Waals surface area contributed by atoms with E-state index in [1.54, 1.807) is 0 Å². The van der Waals surface area contributed by atoms with Crippen molar-refractivity contribution >= 4 is 5.91 Å². The highest BCUT2D eigenvalue weighted by atomic mass is 16.2. The quantitative estimate of drug-likeness (QED) is 0.578. The predicted octanol–water partition coefficient (Wildman–Crippen LogP) is 2.72. The topological polar surface area (TPSA) is 44.1 Å². The lowest BCUT2D eigenvalue weighted by Crippen LogP contribution is -2.30. The molecular weight excluding hydrogens is 188 g/mol. The summed E-state index contributed by atoms with van der Waals surface area (Å²) in [4.78, 5) is 13.4. The lowest BCUT2D eigenvalue weighted by atomic mass is 10.1. The molecule has 0 fully saturated rings. The fourth-order valence-corrected chi connectivity index (χ4v) is 1.57. The Kier molecular flexibility index (Phi) is 8.85. The predicted molar refractivity (Wildman–Crippen MR) is 61.2 cm³/mol. The number of carbonyl (C=O) groups is 1. The van der Waals surface area contributed by atoms with Gasteiger partial charge in [-0.3, -0.25) is 4.79 Å². The Morgan fingerprint density at radius 2 is 1.73 bits per heavy atom. The van der Waals surface area contributed by atoms with Gasteiger partial charge in [-0.05, 0) is 26.7 Å². The van der Waals surface area contributed by atoms with Crippen LogP contribution >= 0.6 is 0 Å². The molecule has 0 aromatic rings. The van der Waals surface area contributed by atoms with Crippen molar-refractivity contribution in [1.82, 2.24) is 4.90 Å². The maximum Gasteiger partial charge on any atom is 0.222 e. The van der Waals surface area contributed by atoms with Crippen LogP contribution in [0.25, 0.3) is 0 Å². The largest absolute Gasteiger partial charge is 0.343 e. The average molecular weight is 210 g/mol. The van der Waals surface area contributed by atoms with Crippen LogP contribution in [0, 0.1) is 11.3 Å². The van der Waals surface area contributed by atoms with Crippen LogP contribution in [0.4, 0.5) is 0 Å². The molecule has 0 spiro atoms. The smallest absolute Gasteiger partial charge is 0.222 e. The van der Waals surface area contributed by atoms with Gasteiger partial charge in [-0.1, -0.05) is 12.8 Å². The molecule has 3 heteroatoms. The van der Waals surface area contributed by atoms with Crippen molar-refractivity contribution < 1.29 is 4.79 Å². The van der Waals surface area contributed by atoms with Crippen molar-refractivity contribution in [3.05, 3.63) is 0 Å². The molecule has 0 radical (unpaired) electrons. The molecule has 0 N–H and O–H groups in total. The summed E-state index contributed by atoms with van der Waals surface area (Å²) in [5, 5.41) is 8.34. The number of nitrogens with zero attached hydrogens (tertiary/aromatic N) is 2. The van der Waals surface area contributed by atoms with Crippen molar-refractivity contribution in [1.29, 1.82) is 5.26 Å². The molecular formula is C12H22N2O. The first-order valence-electron chi connectivity index (χ1n) is 5.91. The van der Waals surface area contributed by atoms with Crippen LogP contribution in [-0.4, -0.2) is 23.9 Å². The Hall–Kier alpha value is -1.04. The van der Waals surface area contributed by atoms with E-state index in [-0.39, 0.29) is 5.91 Å². The summed E-state index contributed by atoms with van der Waals surface area (Å²) in [6.07, 6.45) is 5.36. The van der Waals surface area contributed by atoms with Gasteiger partial charge in [0.05, 0.1) is 6.07 Å². The minimum absolute atomic E-state index is 0.264. The molecule has 0 saturated carbocycles. The third-order valence-corrected chi connectivity index (χ3v) is 2.55. The van der Waals surface area contributed by atoms with Crippen molar-refractivity contribution in [2.45, 2.75) is 52.4 Å². The minimum atomic E-state index is 0.264. The van der Waals surface area contributed by atoms with Gasteiger partial charge in [0.1, 0.15) is 0 Å². The number of carbonyl (C=O) groups excluding carboxylic acids is 1. The molecule has 0 aliphatic heterocycles. The summed E-state index contributed by atoms with van der Waals surface area (Å²) >= 11 is 0. The van der Waals surface area contributed by atoms with Crippen molar-refractivity contribution in [2.24, 2.45) is 0 Å². The Bertz CT molecular complexity index is 204. The van der Waals surface area contributed by atoms with E-state index in [0.717, 1.165) is 38.8 Å². The number of rotatable bonds is 8. The molecule has 0 bridgehead atoms. The SMILES string of the molecule is CCN(CC)C(=O)CCCCCCC#N. The second-order valence-electron chi connectivity index (χ2n) is 3.64. The molecule has 15 heavy (non-hydrogen) atoms. The van der Waals surface area contributed by atoms with Gasteiger partial charge in [-0.2, -0.15) is 5.26 Å². The monoisotopic (exact) mass is 210 g/mol. The summed E-state index contributed by atoms with van der Waals surface area (Å²) in [6.45, 7) is 5.64. The summed E-state index contributed by atoms with van der Waals surface area (Å²) < 4.78 is 0. The number of hydrogen-bond acceptors (Lipinski definition) is 2. The molecule has 86 valence electrons. The van der Waals surface area contributed by atoms with Crippen LogP contribution in [0.3, 0.4) is 0 Å². The van der Waals surface area contributed by atoms with Gasteiger partial charge in [-0.15, -0.1) is 0 Å². The van der Waals surface area contributed by atoms with Gasteiger partial charge >= 0.3 is 0 Å². The van der Waals surface area contributed by atoms with Crippen molar-refractivity contribution in [3.8, 4) is 6.07 Å². The molecule has 0 unspecified atom stereocenters. The molecule has 0 saturated heterocycles. The molecule has 0 heterocycles. The van der Waals surface area contributed by atoms with E-state index in [4.69, 9.17) is 5.26 Å². The number of nitriles is 1. The summed E-state index contributed by atoms with van der Waals surface area (Å²) in [5.74, 6) is 0.264.